The van der Waals surface area contributed by atoms with Gasteiger partial charge in [-0.1, -0.05) is 35.3 Å². The zero-order valence-electron chi connectivity index (χ0n) is 13.3. The van der Waals surface area contributed by atoms with Crippen LogP contribution >= 0.6 is 23.2 Å². The lowest BCUT2D eigenvalue weighted by molar-refractivity contribution is 0.597. The van der Waals surface area contributed by atoms with Crippen molar-refractivity contribution in [1.82, 2.24) is 19.7 Å². The second kappa shape index (κ2) is 6.52. The number of fused-ring (bicyclic) bond motifs is 1. The number of aromatic amines is 1. The fourth-order valence-corrected chi connectivity index (χ4v) is 3.90. The second-order valence-corrected chi connectivity index (χ2v) is 8.08. The third kappa shape index (κ3) is 3.25. The fourth-order valence-electron chi connectivity index (χ4n) is 2.55. The van der Waals surface area contributed by atoms with Crippen LogP contribution in [0.5, 0.6) is 0 Å². The predicted molar refractivity (Wildman–Crippen MR) is 100 cm³/mol. The highest BCUT2D eigenvalue weighted by Gasteiger charge is 2.20. The van der Waals surface area contributed by atoms with E-state index < -0.39 is 15.8 Å². The number of anilines is 1. The first-order valence-corrected chi connectivity index (χ1v) is 9.73. The first-order valence-electron chi connectivity index (χ1n) is 7.50. The third-order valence-corrected chi connectivity index (χ3v) is 5.62. The molecular weight excluding hydrogens is 416 g/mol. The van der Waals surface area contributed by atoms with Gasteiger partial charge in [0.1, 0.15) is 4.90 Å². The third-order valence-electron chi connectivity index (χ3n) is 3.78. The van der Waals surface area contributed by atoms with Gasteiger partial charge in [-0.2, -0.15) is 5.10 Å². The van der Waals surface area contributed by atoms with Gasteiger partial charge in [-0.3, -0.25) is 4.72 Å². The molecule has 0 spiro atoms. The number of rotatable bonds is 4. The minimum atomic E-state index is -3.98. The number of pyridine rings is 1. The van der Waals surface area contributed by atoms with Crippen molar-refractivity contribution in [3.63, 3.8) is 0 Å². The van der Waals surface area contributed by atoms with Crippen LogP contribution in [0.25, 0.3) is 16.7 Å². The topological polar surface area (TPSA) is 92.7 Å². The van der Waals surface area contributed by atoms with Gasteiger partial charge in [0, 0.05) is 17.8 Å². The van der Waals surface area contributed by atoms with Gasteiger partial charge in [-0.15, -0.1) is 0 Å². The molecule has 0 radical (unpaired) electrons. The van der Waals surface area contributed by atoms with Gasteiger partial charge < -0.3 is 4.98 Å². The van der Waals surface area contributed by atoms with Gasteiger partial charge in [0.15, 0.2) is 11.6 Å². The smallest absolute Gasteiger partial charge is 0.265 e. The summed E-state index contributed by atoms with van der Waals surface area (Å²) in [6, 6.07) is 6.10. The van der Waals surface area contributed by atoms with Crippen LogP contribution in [0, 0.1) is 5.82 Å². The molecule has 1 aromatic carbocycles. The van der Waals surface area contributed by atoms with Crippen LogP contribution in [-0.4, -0.2) is 28.2 Å². The van der Waals surface area contributed by atoms with E-state index in [1.54, 1.807) is 24.4 Å². The number of halogens is 3. The summed E-state index contributed by atoms with van der Waals surface area (Å²) in [5.41, 5.74) is 0.867. The van der Waals surface area contributed by atoms with E-state index in [2.05, 4.69) is 19.8 Å². The number of sulfonamides is 1. The molecule has 0 aliphatic carbocycles. The summed E-state index contributed by atoms with van der Waals surface area (Å²) in [5, 5.41) is 5.15. The Kier molecular flexibility index (Phi) is 4.29. The maximum Gasteiger partial charge on any atom is 0.265 e. The van der Waals surface area contributed by atoms with Crippen molar-refractivity contribution in [3.05, 3.63) is 64.9 Å². The highest BCUT2D eigenvalue weighted by Crippen LogP contribution is 2.30. The van der Waals surface area contributed by atoms with Gasteiger partial charge in [-0.25, -0.2) is 22.5 Å². The number of hydrogen-bond acceptors (Lipinski definition) is 4. The Labute approximate surface area is 162 Å². The van der Waals surface area contributed by atoms with E-state index in [1.165, 1.54) is 6.20 Å². The van der Waals surface area contributed by atoms with Crippen LogP contribution in [-0.2, 0) is 10.0 Å². The Balaban J connectivity index is 1.69. The number of para-hydroxylation sites is 1. The Morgan fingerprint density at radius 3 is 2.81 bits per heavy atom. The SMILES string of the molecule is O=S(=O)(Nc1cccc2c(Cl)c[nH]c12)c1cnn(-c2ncc(Cl)cc2F)c1. The van der Waals surface area contributed by atoms with Gasteiger partial charge in [0.2, 0.25) is 0 Å². The van der Waals surface area contributed by atoms with Gasteiger partial charge in [0.05, 0.1) is 33.6 Å². The summed E-state index contributed by atoms with van der Waals surface area (Å²) in [7, 11) is -3.98. The van der Waals surface area contributed by atoms with Crippen LogP contribution in [0.1, 0.15) is 0 Å². The molecule has 0 amide bonds. The molecule has 0 saturated carbocycles. The lowest BCUT2D eigenvalue weighted by Gasteiger charge is -2.07. The quantitative estimate of drug-likeness (QED) is 0.516. The van der Waals surface area contributed by atoms with E-state index in [0.29, 0.717) is 21.6 Å². The predicted octanol–water partition coefficient (Wildman–Crippen LogP) is 4.00. The molecule has 2 N–H and O–H groups in total. The minimum absolute atomic E-state index is 0.121. The summed E-state index contributed by atoms with van der Waals surface area (Å²) in [5.74, 6) is -0.896. The van der Waals surface area contributed by atoms with Crippen LogP contribution in [0.4, 0.5) is 10.1 Å². The van der Waals surface area contributed by atoms with Crippen molar-refractivity contribution in [2.75, 3.05) is 4.72 Å². The Morgan fingerprint density at radius 2 is 2.04 bits per heavy atom. The van der Waals surface area contributed by atoms with E-state index in [0.717, 1.165) is 23.1 Å². The van der Waals surface area contributed by atoms with Crippen molar-refractivity contribution in [2.45, 2.75) is 4.90 Å². The molecule has 4 aromatic rings. The number of hydrogen-bond donors (Lipinski definition) is 2. The Bertz CT molecular complexity index is 1270. The fraction of sp³-hybridized carbons (Fsp3) is 0. The van der Waals surface area contributed by atoms with Crippen molar-refractivity contribution >= 4 is 49.8 Å². The normalized spacial score (nSPS) is 11.8. The molecule has 3 aromatic heterocycles. The molecule has 0 aliphatic heterocycles. The monoisotopic (exact) mass is 425 g/mol. The van der Waals surface area contributed by atoms with Crippen molar-refractivity contribution in [2.24, 2.45) is 0 Å². The summed E-state index contributed by atoms with van der Waals surface area (Å²) < 4.78 is 42.8. The molecule has 0 atom stereocenters. The maximum atomic E-state index is 14.0. The molecule has 7 nitrogen and oxygen atoms in total. The summed E-state index contributed by atoms with van der Waals surface area (Å²) >= 11 is 11.7. The van der Waals surface area contributed by atoms with Crippen LogP contribution in [0.2, 0.25) is 10.0 Å². The first-order chi connectivity index (χ1) is 12.8. The van der Waals surface area contributed by atoms with E-state index in [9.17, 15) is 12.8 Å². The molecule has 0 saturated heterocycles. The van der Waals surface area contributed by atoms with Crippen LogP contribution in [0.15, 0.2) is 53.9 Å². The zero-order valence-corrected chi connectivity index (χ0v) is 15.6. The van der Waals surface area contributed by atoms with Crippen LogP contribution < -0.4 is 4.72 Å². The Hall–Kier alpha value is -2.62. The van der Waals surface area contributed by atoms with Crippen molar-refractivity contribution in [3.8, 4) is 5.82 Å². The van der Waals surface area contributed by atoms with Crippen LogP contribution in [0.3, 0.4) is 0 Å². The van der Waals surface area contributed by atoms with E-state index in [4.69, 9.17) is 23.2 Å². The molecule has 0 fully saturated rings. The molecule has 0 unspecified atom stereocenters. The first kappa shape index (κ1) is 17.8. The van der Waals surface area contributed by atoms with Gasteiger partial charge >= 0.3 is 0 Å². The van der Waals surface area contributed by atoms with Gasteiger partial charge in [-0.05, 0) is 12.1 Å². The largest absolute Gasteiger partial charge is 0.358 e. The number of H-pyrrole nitrogens is 1. The lowest BCUT2D eigenvalue weighted by atomic mass is 10.2. The Morgan fingerprint density at radius 1 is 1.22 bits per heavy atom. The van der Waals surface area contributed by atoms with E-state index in [-0.39, 0.29) is 15.7 Å². The van der Waals surface area contributed by atoms with E-state index in [1.807, 2.05) is 0 Å². The average Bonchev–Trinajstić information content (AvgIpc) is 3.24. The van der Waals surface area contributed by atoms with Gasteiger partial charge in [0.25, 0.3) is 10.0 Å². The minimum Gasteiger partial charge on any atom is -0.358 e. The number of nitrogens with zero attached hydrogens (tertiary/aromatic N) is 3. The lowest BCUT2D eigenvalue weighted by Crippen LogP contribution is -2.12. The molecule has 0 aliphatic rings. The molecule has 138 valence electrons. The maximum absolute atomic E-state index is 14.0. The average molecular weight is 426 g/mol. The van der Waals surface area contributed by atoms with E-state index >= 15 is 0 Å². The summed E-state index contributed by atoms with van der Waals surface area (Å²) in [6.07, 6.45) is 5.06. The zero-order chi connectivity index (χ0) is 19.2. The molecular formula is C16H10Cl2FN5O2S. The van der Waals surface area contributed by atoms with Crippen molar-refractivity contribution in [1.29, 1.82) is 0 Å². The molecule has 3 heterocycles. The van der Waals surface area contributed by atoms with Crippen molar-refractivity contribution < 1.29 is 12.8 Å². The molecule has 4 rings (SSSR count). The molecule has 27 heavy (non-hydrogen) atoms. The second-order valence-electron chi connectivity index (χ2n) is 5.55. The highest BCUT2D eigenvalue weighted by atomic mass is 35.5. The standard InChI is InChI=1S/C16H10Cl2FN5O2S/c17-9-4-13(19)16(21-5-9)24-8-10(6-22-24)27(25,26)23-14-3-1-2-11-12(18)7-20-15(11)14/h1-8,20,23H. The highest BCUT2D eigenvalue weighted by molar-refractivity contribution is 7.92. The summed E-state index contributed by atoms with van der Waals surface area (Å²) in [6.45, 7) is 0. The summed E-state index contributed by atoms with van der Waals surface area (Å²) in [4.78, 5) is 6.59. The molecule has 11 heteroatoms. The number of benzene rings is 1. The molecule has 0 bridgehead atoms. The number of aromatic nitrogens is 4. The number of nitrogens with one attached hydrogen (secondary N) is 2.